The third-order valence-electron chi connectivity index (χ3n) is 6.53. The number of carbonyl (C=O) groups excluding carboxylic acids is 2. The van der Waals surface area contributed by atoms with Gasteiger partial charge in [0.05, 0.1) is 29.5 Å². The number of furan rings is 1. The van der Waals surface area contributed by atoms with E-state index >= 15 is 0 Å². The van der Waals surface area contributed by atoms with Crippen LogP contribution in [0.1, 0.15) is 27.2 Å². The van der Waals surface area contributed by atoms with E-state index < -0.39 is 0 Å². The average Bonchev–Trinajstić information content (AvgIpc) is 3.52. The van der Waals surface area contributed by atoms with Crippen molar-refractivity contribution in [3.05, 3.63) is 65.0 Å². The van der Waals surface area contributed by atoms with Gasteiger partial charge in [0.15, 0.2) is 5.76 Å². The summed E-state index contributed by atoms with van der Waals surface area (Å²) < 4.78 is 10.8. The molecular weight excluding hydrogens is 446 g/mol. The van der Waals surface area contributed by atoms with Crippen LogP contribution in [0.15, 0.2) is 51.6 Å². The van der Waals surface area contributed by atoms with Crippen LogP contribution < -0.4 is 5.32 Å². The maximum absolute atomic E-state index is 13.5. The Morgan fingerprint density at radius 1 is 1.06 bits per heavy atom. The average molecular weight is 474 g/mol. The molecule has 1 aliphatic rings. The van der Waals surface area contributed by atoms with Crippen molar-refractivity contribution in [2.75, 3.05) is 38.0 Å². The second-order valence-electron chi connectivity index (χ2n) is 8.84. The fourth-order valence-electron chi connectivity index (χ4n) is 4.37. The molecule has 0 bridgehead atoms. The highest BCUT2D eigenvalue weighted by Gasteiger charge is 2.27. The summed E-state index contributed by atoms with van der Waals surface area (Å²) in [6.07, 6.45) is 1.56. The van der Waals surface area contributed by atoms with Crippen LogP contribution in [-0.4, -0.2) is 64.5 Å². The highest BCUT2D eigenvalue weighted by atomic mass is 16.5. The van der Waals surface area contributed by atoms with Crippen LogP contribution in [0.25, 0.3) is 22.6 Å². The van der Waals surface area contributed by atoms with E-state index in [1.54, 1.807) is 36.3 Å². The number of benzene rings is 1. The zero-order chi connectivity index (χ0) is 24.5. The van der Waals surface area contributed by atoms with Crippen LogP contribution >= 0.6 is 0 Å². The summed E-state index contributed by atoms with van der Waals surface area (Å²) in [5.41, 5.74) is 4.97. The Balaban J connectivity index is 1.27. The highest BCUT2D eigenvalue weighted by molar-refractivity contribution is 6.07. The van der Waals surface area contributed by atoms with E-state index in [1.165, 1.54) is 0 Å². The summed E-state index contributed by atoms with van der Waals surface area (Å²) in [5, 5.41) is 7.62. The minimum absolute atomic E-state index is 0.0579. The van der Waals surface area contributed by atoms with Gasteiger partial charge >= 0.3 is 0 Å². The van der Waals surface area contributed by atoms with Crippen LogP contribution in [0.5, 0.6) is 0 Å². The van der Waals surface area contributed by atoms with E-state index in [1.807, 2.05) is 32.0 Å². The van der Waals surface area contributed by atoms with Gasteiger partial charge < -0.3 is 19.2 Å². The second-order valence-corrected chi connectivity index (χ2v) is 8.84. The molecule has 0 radical (unpaired) electrons. The SMILES string of the molecule is Cc1cccc(NC(=O)CN2CCN(C(=O)c3cc(-c4ccco4)nc4onc(C)c34)CC2)c1C. The minimum atomic E-state index is -0.115. The van der Waals surface area contributed by atoms with Gasteiger partial charge in [-0.05, 0) is 56.2 Å². The number of pyridine rings is 1. The fourth-order valence-corrected chi connectivity index (χ4v) is 4.37. The van der Waals surface area contributed by atoms with E-state index in [9.17, 15) is 9.59 Å². The number of fused-ring (bicyclic) bond motifs is 1. The Morgan fingerprint density at radius 2 is 1.86 bits per heavy atom. The number of piperazine rings is 1. The molecule has 1 aromatic carbocycles. The number of aryl methyl sites for hydroxylation is 2. The summed E-state index contributed by atoms with van der Waals surface area (Å²) in [6, 6.07) is 11.2. The summed E-state index contributed by atoms with van der Waals surface area (Å²) in [6.45, 7) is 8.34. The van der Waals surface area contributed by atoms with Gasteiger partial charge in [0.2, 0.25) is 5.91 Å². The van der Waals surface area contributed by atoms with Gasteiger partial charge in [-0.2, -0.15) is 0 Å². The number of nitrogens with zero attached hydrogens (tertiary/aromatic N) is 4. The zero-order valence-electron chi connectivity index (χ0n) is 20.0. The molecule has 1 aliphatic heterocycles. The Hall–Kier alpha value is -3.98. The van der Waals surface area contributed by atoms with Gasteiger partial charge in [-0.15, -0.1) is 0 Å². The van der Waals surface area contributed by atoms with E-state index in [4.69, 9.17) is 8.94 Å². The molecule has 1 saturated heterocycles. The van der Waals surface area contributed by atoms with Crippen LogP contribution in [0, 0.1) is 20.8 Å². The second kappa shape index (κ2) is 9.34. The molecule has 9 heteroatoms. The summed E-state index contributed by atoms with van der Waals surface area (Å²) >= 11 is 0. The molecule has 0 saturated carbocycles. The molecule has 2 amide bonds. The lowest BCUT2D eigenvalue weighted by molar-refractivity contribution is -0.117. The van der Waals surface area contributed by atoms with Crippen LogP contribution in [0.4, 0.5) is 5.69 Å². The van der Waals surface area contributed by atoms with Crippen LogP contribution in [-0.2, 0) is 4.79 Å². The molecule has 4 heterocycles. The largest absolute Gasteiger partial charge is 0.463 e. The molecule has 4 aromatic rings. The normalized spacial score (nSPS) is 14.4. The summed E-state index contributed by atoms with van der Waals surface area (Å²) in [4.78, 5) is 34.5. The number of hydrogen-bond acceptors (Lipinski definition) is 7. The van der Waals surface area contributed by atoms with Crippen LogP contribution in [0.3, 0.4) is 0 Å². The minimum Gasteiger partial charge on any atom is -0.463 e. The van der Waals surface area contributed by atoms with Crippen molar-refractivity contribution in [3.8, 4) is 11.5 Å². The number of carbonyl (C=O) groups is 2. The molecule has 1 fully saturated rings. The first-order valence-electron chi connectivity index (χ1n) is 11.6. The Morgan fingerprint density at radius 3 is 2.60 bits per heavy atom. The molecule has 3 aromatic heterocycles. The van der Waals surface area contributed by atoms with Crippen molar-refractivity contribution in [1.29, 1.82) is 0 Å². The smallest absolute Gasteiger partial charge is 0.259 e. The number of amides is 2. The van der Waals surface area contributed by atoms with Gasteiger partial charge in [0.1, 0.15) is 5.69 Å². The fraction of sp³-hybridized carbons (Fsp3) is 0.308. The van der Waals surface area contributed by atoms with Crippen molar-refractivity contribution < 1.29 is 18.5 Å². The van der Waals surface area contributed by atoms with Gasteiger partial charge in [-0.25, -0.2) is 4.98 Å². The Kier molecular flexibility index (Phi) is 6.08. The van der Waals surface area contributed by atoms with Crippen molar-refractivity contribution in [1.82, 2.24) is 19.9 Å². The third kappa shape index (κ3) is 4.54. The van der Waals surface area contributed by atoms with Gasteiger partial charge in [0, 0.05) is 31.9 Å². The molecule has 0 spiro atoms. The first-order valence-corrected chi connectivity index (χ1v) is 11.6. The number of rotatable bonds is 5. The third-order valence-corrected chi connectivity index (χ3v) is 6.53. The van der Waals surface area contributed by atoms with Crippen molar-refractivity contribution >= 4 is 28.6 Å². The first-order chi connectivity index (χ1) is 16.9. The van der Waals surface area contributed by atoms with E-state index in [0.29, 0.717) is 60.0 Å². The molecule has 180 valence electrons. The molecule has 0 aliphatic carbocycles. The topological polar surface area (TPSA) is 105 Å². The van der Waals surface area contributed by atoms with E-state index in [-0.39, 0.29) is 18.4 Å². The summed E-state index contributed by atoms with van der Waals surface area (Å²) in [5.74, 6) is 0.378. The number of aromatic nitrogens is 2. The van der Waals surface area contributed by atoms with E-state index in [0.717, 1.165) is 16.8 Å². The molecule has 1 N–H and O–H groups in total. The van der Waals surface area contributed by atoms with Gasteiger partial charge in [0.25, 0.3) is 11.6 Å². The number of anilines is 1. The van der Waals surface area contributed by atoms with Crippen LogP contribution in [0.2, 0.25) is 0 Å². The molecular formula is C26H27N5O4. The number of hydrogen-bond donors (Lipinski definition) is 1. The first kappa shape index (κ1) is 22.8. The van der Waals surface area contributed by atoms with Crippen molar-refractivity contribution in [3.63, 3.8) is 0 Å². The maximum Gasteiger partial charge on any atom is 0.259 e. The Labute approximate surface area is 202 Å². The lowest BCUT2D eigenvalue weighted by Gasteiger charge is -2.34. The molecule has 9 nitrogen and oxygen atoms in total. The van der Waals surface area contributed by atoms with E-state index in [2.05, 4.69) is 20.4 Å². The standard InChI is InChI=1S/C26H27N5O4/c1-16-6-4-7-20(17(16)2)27-23(32)15-30-9-11-31(12-10-30)26(33)19-14-21(22-8-5-13-34-22)28-25-24(19)18(3)29-35-25/h4-8,13-14H,9-12,15H2,1-3H3,(H,27,32). The number of nitrogens with one attached hydrogen (secondary N) is 1. The highest BCUT2D eigenvalue weighted by Crippen LogP contribution is 2.28. The predicted octanol–water partition coefficient (Wildman–Crippen LogP) is 3.80. The zero-order valence-corrected chi connectivity index (χ0v) is 20.0. The monoisotopic (exact) mass is 473 g/mol. The van der Waals surface area contributed by atoms with Crippen molar-refractivity contribution in [2.45, 2.75) is 20.8 Å². The molecule has 0 unspecified atom stereocenters. The molecule has 35 heavy (non-hydrogen) atoms. The molecule has 5 rings (SSSR count). The quantitative estimate of drug-likeness (QED) is 0.470. The van der Waals surface area contributed by atoms with Gasteiger partial charge in [-0.3, -0.25) is 14.5 Å². The molecule has 0 atom stereocenters. The predicted molar refractivity (Wildman–Crippen MR) is 131 cm³/mol. The lowest BCUT2D eigenvalue weighted by Crippen LogP contribution is -2.50. The van der Waals surface area contributed by atoms with Crippen molar-refractivity contribution in [2.24, 2.45) is 0 Å². The van der Waals surface area contributed by atoms with Gasteiger partial charge in [-0.1, -0.05) is 17.3 Å². The summed E-state index contributed by atoms with van der Waals surface area (Å²) in [7, 11) is 0. The lowest BCUT2D eigenvalue weighted by atomic mass is 10.1. The maximum atomic E-state index is 13.5. The Bertz CT molecular complexity index is 1380.